The Morgan fingerprint density at radius 3 is 2.75 bits per heavy atom. The number of aromatic nitrogens is 2. The van der Waals surface area contributed by atoms with Crippen molar-refractivity contribution in [2.24, 2.45) is 24.6 Å². The van der Waals surface area contributed by atoms with Gasteiger partial charge in [-0.2, -0.15) is 5.10 Å². The molecule has 20 heavy (non-hydrogen) atoms. The molecular formula is C16H28BrN3. The Hall–Kier alpha value is -0.350. The van der Waals surface area contributed by atoms with E-state index in [0.717, 1.165) is 41.3 Å². The molecule has 0 saturated heterocycles. The number of halogens is 1. The minimum atomic E-state index is -0.0550. The SMILES string of the molecule is Cc1nn(C)c(CC2(N)CCCC(CC(C)C)C2)c1Br. The molecule has 1 aliphatic carbocycles. The second kappa shape index (κ2) is 6.18. The zero-order valence-electron chi connectivity index (χ0n) is 13.2. The van der Waals surface area contributed by atoms with Gasteiger partial charge in [0.1, 0.15) is 0 Å². The number of nitrogens with zero attached hydrogens (tertiary/aromatic N) is 2. The molecule has 0 radical (unpaired) electrons. The van der Waals surface area contributed by atoms with Gasteiger partial charge in [0, 0.05) is 19.0 Å². The molecule has 1 aromatic rings. The molecule has 114 valence electrons. The van der Waals surface area contributed by atoms with Crippen molar-refractivity contribution in [2.75, 3.05) is 0 Å². The van der Waals surface area contributed by atoms with E-state index in [-0.39, 0.29) is 5.54 Å². The topological polar surface area (TPSA) is 43.8 Å². The van der Waals surface area contributed by atoms with E-state index in [1.54, 1.807) is 0 Å². The molecule has 1 saturated carbocycles. The van der Waals surface area contributed by atoms with E-state index in [1.807, 2.05) is 18.7 Å². The van der Waals surface area contributed by atoms with Crippen LogP contribution in [0.15, 0.2) is 4.47 Å². The van der Waals surface area contributed by atoms with Crippen molar-refractivity contribution < 1.29 is 0 Å². The first-order chi connectivity index (χ1) is 9.31. The number of hydrogen-bond acceptors (Lipinski definition) is 2. The van der Waals surface area contributed by atoms with Gasteiger partial charge in [0.25, 0.3) is 0 Å². The van der Waals surface area contributed by atoms with Crippen LogP contribution in [0.25, 0.3) is 0 Å². The highest BCUT2D eigenvalue weighted by molar-refractivity contribution is 9.10. The molecule has 0 aromatic carbocycles. The van der Waals surface area contributed by atoms with E-state index in [0.29, 0.717) is 0 Å². The molecule has 1 heterocycles. The Morgan fingerprint density at radius 2 is 2.20 bits per heavy atom. The van der Waals surface area contributed by atoms with Gasteiger partial charge in [-0.15, -0.1) is 0 Å². The second-order valence-corrected chi connectivity index (χ2v) is 7.89. The Bertz CT molecular complexity index is 467. The fourth-order valence-corrected chi connectivity index (χ4v) is 4.23. The molecule has 3 nitrogen and oxygen atoms in total. The lowest BCUT2D eigenvalue weighted by molar-refractivity contribution is 0.198. The third-order valence-electron chi connectivity index (χ3n) is 4.57. The summed E-state index contributed by atoms with van der Waals surface area (Å²) in [4.78, 5) is 0. The normalized spacial score (nSPS) is 27.2. The third-order valence-corrected chi connectivity index (χ3v) is 5.60. The third kappa shape index (κ3) is 3.64. The summed E-state index contributed by atoms with van der Waals surface area (Å²) >= 11 is 3.67. The molecule has 1 fully saturated rings. The first kappa shape index (κ1) is 16.0. The van der Waals surface area contributed by atoms with E-state index in [4.69, 9.17) is 5.73 Å². The van der Waals surface area contributed by atoms with Gasteiger partial charge in [0.15, 0.2) is 0 Å². The first-order valence-corrected chi connectivity index (χ1v) is 8.57. The summed E-state index contributed by atoms with van der Waals surface area (Å²) in [7, 11) is 2.02. The highest BCUT2D eigenvalue weighted by Gasteiger charge is 2.34. The van der Waals surface area contributed by atoms with Crippen LogP contribution in [-0.2, 0) is 13.5 Å². The van der Waals surface area contributed by atoms with Gasteiger partial charge in [-0.1, -0.05) is 26.7 Å². The predicted molar refractivity (Wildman–Crippen MR) is 87.7 cm³/mol. The molecule has 2 atom stereocenters. The van der Waals surface area contributed by atoms with Crippen molar-refractivity contribution in [1.82, 2.24) is 9.78 Å². The standard InChI is InChI=1S/C16H28BrN3/c1-11(2)8-13-6-5-7-16(18,9-13)10-14-15(17)12(3)19-20(14)4/h11,13H,5-10,18H2,1-4H3. The maximum absolute atomic E-state index is 6.74. The molecule has 2 rings (SSSR count). The molecule has 0 amide bonds. The molecule has 2 N–H and O–H groups in total. The monoisotopic (exact) mass is 341 g/mol. The predicted octanol–water partition coefficient (Wildman–Crippen LogP) is 3.97. The molecule has 0 aliphatic heterocycles. The highest BCUT2D eigenvalue weighted by Crippen LogP contribution is 2.37. The maximum Gasteiger partial charge on any atom is 0.0738 e. The van der Waals surface area contributed by atoms with E-state index in [1.165, 1.54) is 25.0 Å². The van der Waals surface area contributed by atoms with Crippen molar-refractivity contribution in [1.29, 1.82) is 0 Å². The number of nitrogens with two attached hydrogens (primary N) is 1. The number of aryl methyl sites for hydroxylation is 2. The van der Waals surface area contributed by atoms with Gasteiger partial charge in [-0.3, -0.25) is 4.68 Å². The highest BCUT2D eigenvalue weighted by atomic mass is 79.9. The Balaban J connectivity index is 2.10. The summed E-state index contributed by atoms with van der Waals surface area (Å²) in [5.41, 5.74) is 8.99. The van der Waals surface area contributed by atoms with Crippen LogP contribution in [-0.4, -0.2) is 15.3 Å². The van der Waals surface area contributed by atoms with E-state index in [2.05, 4.69) is 34.9 Å². The van der Waals surface area contributed by atoms with Crippen LogP contribution in [0.4, 0.5) is 0 Å². The van der Waals surface area contributed by atoms with Crippen molar-refractivity contribution in [3.63, 3.8) is 0 Å². The fraction of sp³-hybridized carbons (Fsp3) is 0.812. The number of rotatable bonds is 4. The molecule has 4 heteroatoms. The molecule has 1 aliphatic rings. The minimum Gasteiger partial charge on any atom is -0.325 e. The van der Waals surface area contributed by atoms with E-state index < -0.39 is 0 Å². The lowest BCUT2D eigenvalue weighted by Gasteiger charge is -2.39. The lowest BCUT2D eigenvalue weighted by atomic mass is 9.72. The maximum atomic E-state index is 6.74. The van der Waals surface area contributed by atoms with Crippen LogP contribution in [0, 0.1) is 18.8 Å². The molecule has 0 spiro atoms. The quantitative estimate of drug-likeness (QED) is 0.900. The second-order valence-electron chi connectivity index (χ2n) is 7.10. The summed E-state index contributed by atoms with van der Waals surface area (Å²) in [6, 6.07) is 0. The van der Waals surface area contributed by atoms with Gasteiger partial charge in [-0.25, -0.2) is 0 Å². The Kier molecular flexibility index (Phi) is 4.96. The van der Waals surface area contributed by atoms with Crippen LogP contribution in [0.5, 0.6) is 0 Å². The summed E-state index contributed by atoms with van der Waals surface area (Å²) in [5, 5.41) is 4.49. The van der Waals surface area contributed by atoms with Crippen molar-refractivity contribution in [3.05, 3.63) is 15.9 Å². The van der Waals surface area contributed by atoms with Gasteiger partial charge in [0.2, 0.25) is 0 Å². The van der Waals surface area contributed by atoms with Crippen LogP contribution in [0.1, 0.15) is 57.3 Å². The van der Waals surface area contributed by atoms with Crippen LogP contribution in [0.2, 0.25) is 0 Å². The van der Waals surface area contributed by atoms with Crippen LogP contribution < -0.4 is 5.73 Å². The smallest absolute Gasteiger partial charge is 0.0738 e. The summed E-state index contributed by atoms with van der Waals surface area (Å²) < 4.78 is 3.12. The lowest BCUT2D eigenvalue weighted by Crippen LogP contribution is -2.46. The summed E-state index contributed by atoms with van der Waals surface area (Å²) in [6.45, 7) is 6.67. The van der Waals surface area contributed by atoms with Crippen molar-refractivity contribution >= 4 is 15.9 Å². The summed E-state index contributed by atoms with van der Waals surface area (Å²) in [6.07, 6.45) is 7.15. The van der Waals surface area contributed by atoms with Gasteiger partial charge in [0.05, 0.1) is 15.9 Å². The van der Waals surface area contributed by atoms with Gasteiger partial charge >= 0.3 is 0 Å². The molecular weight excluding hydrogens is 314 g/mol. The molecule has 0 bridgehead atoms. The van der Waals surface area contributed by atoms with E-state index in [9.17, 15) is 0 Å². The first-order valence-electron chi connectivity index (χ1n) is 7.77. The largest absolute Gasteiger partial charge is 0.325 e. The van der Waals surface area contributed by atoms with Crippen molar-refractivity contribution in [2.45, 2.75) is 64.8 Å². The van der Waals surface area contributed by atoms with Gasteiger partial charge < -0.3 is 5.73 Å². The Morgan fingerprint density at radius 1 is 1.50 bits per heavy atom. The molecule has 1 aromatic heterocycles. The van der Waals surface area contributed by atoms with Gasteiger partial charge in [-0.05, 0) is 54.0 Å². The zero-order chi connectivity index (χ0) is 14.9. The zero-order valence-corrected chi connectivity index (χ0v) is 14.8. The van der Waals surface area contributed by atoms with Crippen LogP contribution >= 0.6 is 15.9 Å². The summed E-state index contributed by atoms with van der Waals surface area (Å²) in [5.74, 6) is 1.56. The van der Waals surface area contributed by atoms with Crippen molar-refractivity contribution in [3.8, 4) is 0 Å². The average Bonchev–Trinajstić information content (AvgIpc) is 2.55. The van der Waals surface area contributed by atoms with E-state index >= 15 is 0 Å². The minimum absolute atomic E-state index is 0.0550. The van der Waals surface area contributed by atoms with Crippen LogP contribution in [0.3, 0.4) is 0 Å². The average molecular weight is 342 g/mol. The molecule has 2 unspecified atom stereocenters. The Labute approximate surface area is 131 Å². The fourth-order valence-electron chi connectivity index (χ4n) is 3.76. The number of hydrogen-bond donors (Lipinski definition) is 1.